The quantitative estimate of drug-likeness (QED) is 0.470. The molecule has 3 N–H and O–H groups in total. The zero-order valence-corrected chi connectivity index (χ0v) is 25.6. The molecular weight excluding hydrogens is 572 g/mol. The molecule has 0 unspecified atom stereocenters. The number of rotatable bonds is 2. The van der Waals surface area contributed by atoms with Crippen LogP contribution in [-0.2, 0) is 14.3 Å². The Hall–Kier alpha value is -5.07. The van der Waals surface area contributed by atoms with Crippen molar-refractivity contribution in [1.82, 2.24) is 20.9 Å². The van der Waals surface area contributed by atoms with Crippen molar-refractivity contribution < 1.29 is 19.1 Å². The summed E-state index contributed by atoms with van der Waals surface area (Å²) in [5.74, 6) is 0.996. The van der Waals surface area contributed by atoms with Crippen molar-refractivity contribution in [2.45, 2.75) is 63.1 Å². The first-order valence-electron chi connectivity index (χ1n) is 15.0. The van der Waals surface area contributed by atoms with Gasteiger partial charge in [-0.3, -0.25) is 19.6 Å². The van der Waals surface area contributed by atoms with Crippen LogP contribution in [0.1, 0.15) is 68.7 Å². The Labute approximate surface area is 262 Å². The lowest BCUT2D eigenvalue weighted by atomic mass is 9.88. The van der Waals surface area contributed by atoms with Gasteiger partial charge in [0.25, 0.3) is 11.8 Å². The standard InChI is InChI=1S/C19H22N4O3.C14H14N4O/c1-18(2,3)26-17(25)23-10-8-19(9-11-23)16(24)21-15(22-19)14-6-4-13(12-20)5-7-14;15-9-10-1-3-11(4-2-10)12-17-13(19)14(18-12)5-7-16-8-6-14/h4-7H,8-11H2,1-3H3,(H,21,22,24);1-4,16H,5-8H2,(H,17,18,19). The van der Waals surface area contributed by atoms with Crippen molar-refractivity contribution >= 4 is 29.6 Å². The summed E-state index contributed by atoms with van der Waals surface area (Å²) in [5.41, 5.74) is 0.810. The van der Waals surface area contributed by atoms with Crippen molar-refractivity contribution in [1.29, 1.82) is 10.5 Å². The molecule has 0 radical (unpaired) electrons. The molecule has 2 spiro atoms. The van der Waals surface area contributed by atoms with Crippen molar-refractivity contribution in [3.05, 3.63) is 70.8 Å². The Balaban J connectivity index is 0.000000186. The molecule has 4 aliphatic heterocycles. The Kier molecular flexibility index (Phi) is 8.71. The highest BCUT2D eigenvalue weighted by molar-refractivity contribution is 6.16. The van der Waals surface area contributed by atoms with Crippen LogP contribution < -0.4 is 16.0 Å². The van der Waals surface area contributed by atoms with Gasteiger partial charge in [0, 0.05) is 24.2 Å². The molecule has 0 bridgehead atoms. The topological polar surface area (TPSA) is 172 Å². The van der Waals surface area contributed by atoms with Crippen LogP contribution in [-0.4, -0.2) is 77.3 Å². The molecule has 0 saturated carbocycles. The zero-order valence-electron chi connectivity index (χ0n) is 25.6. The average molecular weight is 609 g/mol. The van der Waals surface area contributed by atoms with Crippen LogP contribution in [0.15, 0.2) is 58.5 Å². The summed E-state index contributed by atoms with van der Waals surface area (Å²) in [6, 6.07) is 18.2. The van der Waals surface area contributed by atoms with Crippen molar-refractivity contribution in [2.75, 3.05) is 26.2 Å². The average Bonchev–Trinajstić information content (AvgIpc) is 3.52. The largest absolute Gasteiger partial charge is 0.444 e. The molecule has 4 aliphatic rings. The molecule has 4 heterocycles. The maximum absolute atomic E-state index is 12.6. The number of nitriles is 2. The van der Waals surface area contributed by atoms with Gasteiger partial charge in [0.1, 0.15) is 28.4 Å². The third-order valence-corrected chi connectivity index (χ3v) is 8.21. The van der Waals surface area contributed by atoms with Gasteiger partial charge in [0.05, 0.1) is 23.3 Å². The van der Waals surface area contributed by atoms with Crippen LogP contribution in [0.25, 0.3) is 0 Å². The molecule has 2 aromatic carbocycles. The molecule has 12 heteroatoms. The van der Waals surface area contributed by atoms with Crippen LogP contribution in [0.3, 0.4) is 0 Å². The lowest BCUT2D eigenvalue weighted by Gasteiger charge is -2.36. The fourth-order valence-corrected chi connectivity index (χ4v) is 5.62. The Morgan fingerprint density at radius 3 is 1.60 bits per heavy atom. The van der Waals surface area contributed by atoms with E-state index in [1.807, 2.05) is 32.9 Å². The molecule has 0 atom stereocenters. The van der Waals surface area contributed by atoms with E-state index in [0.717, 1.165) is 37.1 Å². The van der Waals surface area contributed by atoms with Crippen LogP contribution in [0.5, 0.6) is 0 Å². The van der Waals surface area contributed by atoms with E-state index in [4.69, 9.17) is 15.3 Å². The molecule has 0 aliphatic carbocycles. The van der Waals surface area contributed by atoms with E-state index in [-0.39, 0.29) is 17.9 Å². The van der Waals surface area contributed by atoms with E-state index in [9.17, 15) is 14.4 Å². The molecule has 2 saturated heterocycles. The first-order valence-corrected chi connectivity index (χ1v) is 15.0. The maximum atomic E-state index is 12.6. The van der Waals surface area contributed by atoms with Gasteiger partial charge in [-0.2, -0.15) is 10.5 Å². The number of carbonyl (C=O) groups excluding carboxylic acids is 3. The number of likely N-dealkylation sites (tertiary alicyclic amines) is 1. The molecule has 6 rings (SSSR count). The minimum absolute atomic E-state index is 0.00615. The van der Waals surface area contributed by atoms with Gasteiger partial charge >= 0.3 is 6.09 Å². The highest BCUT2D eigenvalue weighted by Gasteiger charge is 2.47. The van der Waals surface area contributed by atoms with Gasteiger partial charge in [-0.05, 0) is 108 Å². The number of piperidine rings is 2. The second-order valence-electron chi connectivity index (χ2n) is 12.5. The van der Waals surface area contributed by atoms with Crippen LogP contribution in [0, 0.1) is 22.7 Å². The summed E-state index contributed by atoms with van der Waals surface area (Å²) in [4.78, 5) is 47.8. The SMILES string of the molecule is CC(C)(C)OC(=O)N1CCC2(CC1)N=C(c1ccc(C#N)cc1)NC2=O.N#Cc1ccc(C2=NC3(CCNCC3)C(=O)N2)cc1. The summed E-state index contributed by atoms with van der Waals surface area (Å²) >= 11 is 0. The number of benzene rings is 2. The van der Waals surface area contributed by atoms with Gasteiger partial charge in [-0.1, -0.05) is 0 Å². The van der Waals surface area contributed by atoms with E-state index in [2.05, 4.69) is 38.1 Å². The Bertz CT molecular complexity index is 1610. The zero-order chi connectivity index (χ0) is 32.2. The van der Waals surface area contributed by atoms with E-state index in [1.54, 1.807) is 41.3 Å². The number of carbonyl (C=O) groups is 3. The second kappa shape index (κ2) is 12.5. The van der Waals surface area contributed by atoms with Gasteiger partial charge in [-0.15, -0.1) is 0 Å². The first kappa shape index (κ1) is 31.4. The van der Waals surface area contributed by atoms with Crippen molar-refractivity contribution in [2.24, 2.45) is 9.98 Å². The normalized spacial score (nSPS) is 19.7. The van der Waals surface area contributed by atoms with Crippen molar-refractivity contribution in [3.63, 3.8) is 0 Å². The number of amides is 3. The fraction of sp³-hybridized carbons (Fsp3) is 0.424. The monoisotopic (exact) mass is 608 g/mol. The fourth-order valence-electron chi connectivity index (χ4n) is 5.62. The minimum Gasteiger partial charge on any atom is -0.444 e. The summed E-state index contributed by atoms with van der Waals surface area (Å²) in [6.07, 6.45) is 2.02. The number of amidine groups is 2. The highest BCUT2D eigenvalue weighted by atomic mass is 16.6. The lowest BCUT2D eigenvalue weighted by Crippen LogP contribution is -2.51. The molecule has 232 valence electrons. The van der Waals surface area contributed by atoms with E-state index < -0.39 is 16.7 Å². The third-order valence-electron chi connectivity index (χ3n) is 8.21. The number of hydrogen-bond acceptors (Lipinski definition) is 9. The van der Waals surface area contributed by atoms with Crippen molar-refractivity contribution in [3.8, 4) is 12.1 Å². The molecule has 12 nitrogen and oxygen atoms in total. The lowest BCUT2D eigenvalue weighted by molar-refractivity contribution is -0.125. The van der Waals surface area contributed by atoms with Gasteiger partial charge in [-0.25, -0.2) is 4.79 Å². The minimum atomic E-state index is -0.832. The number of nitrogens with zero attached hydrogens (tertiary/aromatic N) is 5. The Morgan fingerprint density at radius 1 is 0.778 bits per heavy atom. The summed E-state index contributed by atoms with van der Waals surface area (Å²) in [6.45, 7) is 7.97. The highest BCUT2D eigenvalue weighted by Crippen LogP contribution is 2.32. The molecule has 0 aromatic heterocycles. The summed E-state index contributed by atoms with van der Waals surface area (Å²) < 4.78 is 5.39. The van der Waals surface area contributed by atoms with Crippen LogP contribution in [0.2, 0.25) is 0 Å². The molecule has 2 fully saturated rings. The Morgan fingerprint density at radius 2 is 1.20 bits per heavy atom. The van der Waals surface area contributed by atoms with E-state index in [0.29, 0.717) is 48.7 Å². The molecule has 3 amide bonds. The summed E-state index contributed by atoms with van der Waals surface area (Å²) in [5, 5.41) is 26.6. The van der Waals surface area contributed by atoms with Crippen LogP contribution >= 0.6 is 0 Å². The summed E-state index contributed by atoms with van der Waals surface area (Å²) in [7, 11) is 0. The van der Waals surface area contributed by atoms with Gasteiger partial charge in [0.2, 0.25) is 0 Å². The number of ether oxygens (including phenoxy) is 1. The van der Waals surface area contributed by atoms with E-state index >= 15 is 0 Å². The predicted molar refractivity (Wildman–Crippen MR) is 166 cm³/mol. The maximum Gasteiger partial charge on any atom is 0.410 e. The van der Waals surface area contributed by atoms with Gasteiger partial charge in [0.15, 0.2) is 0 Å². The molecule has 2 aromatic rings. The third kappa shape index (κ3) is 6.87. The smallest absolute Gasteiger partial charge is 0.410 e. The van der Waals surface area contributed by atoms with Gasteiger partial charge < -0.3 is 25.6 Å². The van der Waals surface area contributed by atoms with E-state index in [1.165, 1.54) is 0 Å². The molecular formula is C33H36N8O4. The number of nitrogens with one attached hydrogen (secondary N) is 3. The van der Waals surface area contributed by atoms with Crippen LogP contribution in [0.4, 0.5) is 4.79 Å². The molecule has 45 heavy (non-hydrogen) atoms. The first-order chi connectivity index (χ1) is 21.5. The number of hydrogen-bond donors (Lipinski definition) is 3. The predicted octanol–water partition coefficient (Wildman–Crippen LogP) is 2.76. The second-order valence-corrected chi connectivity index (χ2v) is 12.5. The number of aliphatic imine (C=N–C) groups is 2.